The Morgan fingerprint density at radius 2 is 1.88 bits per heavy atom. The SMILES string of the molecule is COc1ccc(CNC(=O)CNC(=O)C2CC3CCCCC3N2)cc1.Cl. The molecule has 3 unspecified atom stereocenters. The summed E-state index contributed by atoms with van der Waals surface area (Å²) in [6, 6.07) is 7.85. The molecule has 2 aliphatic rings. The van der Waals surface area contributed by atoms with E-state index in [0.29, 0.717) is 18.5 Å². The maximum Gasteiger partial charge on any atom is 0.239 e. The van der Waals surface area contributed by atoms with Gasteiger partial charge in [0.15, 0.2) is 0 Å². The molecule has 1 aliphatic heterocycles. The number of carbonyl (C=O) groups is 2. The Hall–Kier alpha value is -1.79. The standard InChI is InChI=1S/C19H27N3O3.ClH/c1-25-15-8-6-13(7-9-15)11-20-18(23)12-21-19(24)17-10-14-4-2-3-5-16(14)22-17;/h6-9,14,16-17,22H,2-5,10-12H2,1H3,(H,20,23)(H,21,24);1H. The lowest BCUT2D eigenvalue weighted by atomic mass is 9.85. The average Bonchev–Trinajstić information content (AvgIpc) is 3.09. The molecule has 1 heterocycles. The number of nitrogens with one attached hydrogen (secondary N) is 3. The highest BCUT2D eigenvalue weighted by molar-refractivity contribution is 5.87. The van der Waals surface area contributed by atoms with Crippen LogP contribution in [0.15, 0.2) is 24.3 Å². The zero-order valence-corrected chi connectivity index (χ0v) is 15.9. The molecule has 2 fully saturated rings. The molecule has 0 bridgehead atoms. The Bertz CT molecular complexity index is 595. The van der Waals surface area contributed by atoms with E-state index in [-0.39, 0.29) is 36.8 Å². The molecule has 1 aliphatic carbocycles. The monoisotopic (exact) mass is 381 g/mol. The van der Waals surface area contributed by atoms with Crippen LogP contribution in [0.25, 0.3) is 0 Å². The molecule has 0 spiro atoms. The lowest BCUT2D eigenvalue weighted by molar-refractivity contribution is -0.127. The van der Waals surface area contributed by atoms with Crippen molar-refractivity contribution in [2.75, 3.05) is 13.7 Å². The highest BCUT2D eigenvalue weighted by atomic mass is 35.5. The minimum atomic E-state index is -0.181. The second-order valence-electron chi connectivity index (χ2n) is 6.95. The van der Waals surface area contributed by atoms with Crippen molar-refractivity contribution in [2.24, 2.45) is 5.92 Å². The minimum absolute atomic E-state index is 0. The quantitative estimate of drug-likeness (QED) is 0.701. The Labute approximate surface area is 160 Å². The average molecular weight is 382 g/mol. The van der Waals surface area contributed by atoms with Gasteiger partial charge in [0.25, 0.3) is 0 Å². The number of hydrogen-bond acceptors (Lipinski definition) is 4. The van der Waals surface area contributed by atoms with E-state index in [9.17, 15) is 9.59 Å². The van der Waals surface area contributed by atoms with Gasteiger partial charge in [-0.2, -0.15) is 0 Å². The lowest BCUT2D eigenvalue weighted by Crippen LogP contribution is -2.46. The summed E-state index contributed by atoms with van der Waals surface area (Å²) < 4.78 is 5.10. The molecule has 1 aromatic rings. The first kappa shape index (κ1) is 20.5. The van der Waals surface area contributed by atoms with Gasteiger partial charge in [0.1, 0.15) is 5.75 Å². The molecule has 1 saturated carbocycles. The van der Waals surface area contributed by atoms with E-state index in [0.717, 1.165) is 24.2 Å². The molecule has 3 rings (SSSR count). The summed E-state index contributed by atoms with van der Waals surface area (Å²) in [5, 5.41) is 9.00. The molecule has 3 N–H and O–H groups in total. The van der Waals surface area contributed by atoms with Crippen LogP contribution in [0.4, 0.5) is 0 Å². The highest BCUT2D eigenvalue weighted by Gasteiger charge is 2.38. The zero-order valence-electron chi connectivity index (χ0n) is 15.1. The van der Waals surface area contributed by atoms with Crippen LogP contribution in [0.2, 0.25) is 0 Å². The summed E-state index contributed by atoms with van der Waals surface area (Å²) in [6.45, 7) is 0.451. The largest absolute Gasteiger partial charge is 0.497 e. The van der Waals surface area contributed by atoms with Gasteiger partial charge in [-0.15, -0.1) is 12.4 Å². The van der Waals surface area contributed by atoms with E-state index < -0.39 is 0 Å². The van der Waals surface area contributed by atoms with Crippen molar-refractivity contribution in [3.63, 3.8) is 0 Å². The topological polar surface area (TPSA) is 79.5 Å². The van der Waals surface area contributed by atoms with Gasteiger partial charge in [-0.05, 0) is 42.9 Å². The van der Waals surface area contributed by atoms with Crippen LogP contribution >= 0.6 is 12.4 Å². The number of benzene rings is 1. The Balaban J connectivity index is 0.00000243. The second kappa shape index (κ2) is 9.78. The summed E-state index contributed by atoms with van der Waals surface area (Å²) in [4.78, 5) is 24.2. The van der Waals surface area contributed by atoms with Gasteiger partial charge in [0, 0.05) is 12.6 Å². The van der Waals surface area contributed by atoms with E-state index in [4.69, 9.17) is 4.74 Å². The van der Waals surface area contributed by atoms with Crippen molar-refractivity contribution in [3.8, 4) is 5.75 Å². The van der Waals surface area contributed by atoms with Crippen molar-refractivity contribution in [1.82, 2.24) is 16.0 Å². The summed E-state index contributed by atoms with van der Waals surface area (Å²) in [5.41, 5.74) is 0.988. The van der Waals surface area contributed by atoms with Crippen molar-refractivity contribution in [3.05, 3.63) is 29.8 Å². The Kier molecular flexibility index (Phi) is 7.72. The van der Waals surface area contributed by atoms with Gasteiger partial charge >= 0.3 is 0 Å². The van der Waals surface area contributed by atoms with Crippen molar-refractivity contribution < 1.29 is 14.3 Å². The van der Waals surface area contributed by atoms with Gasteiger partial charge in [-0.1, -0.05) is 25.0 Å². The van der Waals surface area contributed by atoms with Crippen molar-refractivity contribution in [2.45, 2.75) is 50.7 Å². The minimum Gasteiger partial charge on any atom is -0.497 e. The van der Waals surface area contributed by atoms with Crippen LogP contribution < -0.4 is 20.7 Å². The third-order valence-electron chi connectivity index (χ3n) is 5.25. The number of fused-ring (bicyclic) bond motifs is 1. The zero-order chi connectivity index (χ0) is 17.6. The molecule has 2 amide bonds. The van der Waals surface area contributed by atoms with E-state index in [1.54, 1.807) is 7.11 Å². The van der Waals surface area contributed by atoms with Gasteiger partial charge in [-0.25, -0.2) is 0 Å². The van der Waals surface area contributed by atoms with Crippen LogP contribution in [0.1, 0.15) is 37.7 Å². The molecule has 1 aromatic carbocycles. The first-order chi connectivity index (χ1) is 12.2. The fraction of sp³-hybridized carbons (Fsp3) is 0.579. The lowest BCUT2D eigenvalue weighted by Gasteiger charge is -2.24. The van der Waals surface area contributed by atoms with Crippen LogP contribution in [0.5, 0.6) is 5.75 Å². The number of halogens is 1. The van der Waals surface area contributed by atoms with Crippen LogP contribution in [-0.4, -0.2) is 37.6 Å². The summed E-state index contributed by atoms with van der Waals surface area (Å²) in [7, 11) is 1.62. The van der Waals surface area contributed by atoms with Gasteiger partial charge in [0.2, 0.25) is 11.8 Å². The number of hydrogen-bond donors (Lipinski definition) is 3. The third kappa shape index (κ3) is 5.35. The van der Waals surface area contributed by atoms with Gasteiger partial charge < -0.3 is 20.7 Å². The van der Waals surface area contributed by atoms with Crippen LogP contribution in [-0.2, 0) is 16.1 Å². The molecule has 0 radical (unpaired) electrons. The van der Waals surface area contributed by atoms with Crippen molar-refractivity contribution in [1.29, 1.82) is 0 Å². The normalized spacial score (nSPS) is 24.1. The highest BCUT2D eigenvalue weighted by Crippen LogP contribution is 2.33. The molecule has 26 heavy (non-hydrogen) atoms. The van der Waals surface area contributed by atoms with E-state index in [1.165, 1.54) is 19.3 Å². The fourth-order valence-corrected chi connectivity index (χ4v) is 3.82. The first-order valence-electron chi connectivity index (χ1n) is 9.09. The van der Waals surface area contributed by atoms with Crippen LogP contribution in [0.3, 0.4) is 0 Å². The van der Waals surface area contributed by atoms with Gasteiger partial charge in [0.05, 0.1) is 19.7 Å². The Morgan fingerprint density at radius 3 is 2.58 bits per heavy atom. The molecular weight excluding hydrogens is 354 g/mol. The molecule has 6 nitrogen and oxygen atoms in total. The van der Waals surface area contributed by atoms with E-state index in [1.807, 2.05) is 24.3 Å². The second-order valence-corrected chi connectivity index (χ2v) is 6.95. The van der Waals surface area contributed by atoms with E-state index >= 15 is 0 Å². The maximum atomic E-state index is 12.3. The number of methoxy groups -OCH3 is 1. The molecule has 3 atom stereocenters. The summed E-state index contributed by atoms with van der Waals surface area (Å²) >= 11 is 0. The molecule has 1 saturated heterocycles. The number of rotatable bonds is 6. The summed E-state index contributed by atoms with van der Waals surface area (Å²) in [5.74, 6) is 1.16. The predicted molar refractivity (Wildman–Crippen MR) is 102 cm³/mol. The van der Waals surface area contributed by atoms with Gasteiger partial charge in [-0.3, -0.25) is 9.59 Å². The fourth-order valence-electron chi connectivity index (χ4n) is 3.82. The molecule has 144 valence electrons. The summed E-state index contributed by atoms with van der Waals surface area (Å²) in [6.07, 6.45) is 5.78. The van der Waals surface area contributed by atoms with Crippen LogP contribution in [0, 0.1) is 5.92 Å². The predicted octanol–water partition coefficient (Wildman–Crippen LogP) is 1.77. The van der Waals surface area contributed by atoms with E-state index in [2.05, 4.69) is 16.0 Å². The molecule has 7 heteroatoms. The molecular formula is C19H28ClN3O3. The number of amides is 2. The Morgan fingerprint density at radius 1 is 1.15 bits per heavy atom. The number of ether oxygens (including phenoxy) is 1. The van der Waals surface area contributed by atoms with Crippen molar-refractivity contribution >= 4 is 24.2 Å². The smallest absolute Gasteiger partial charge is 0.239 e. The maximum absolute atomic E-state index is 12.3. The third-order valence-corrected chi connectivity index (χ3v) is 5.25. The molecule has 0 aromatic heterocycles. The number of carbonyl (C=O) groups excluding carboxylic acids is 2. The first-order valence-corrected chi connectivity index (χ1v) is 9.09.